The Hall–Kier alpha value is -3.26. The van der Waals surface area contributed by atoms with Crippen LogP contribution in [0.4, 0.5) is 11.4 Å². The van der Waals surface area contributed by atoms with Gasteiger partial charge in [0.1, 0.15) is 5.75 Å². The minimum Gasteiger partial charge on any atom is -0.497 e. The van der Waals surface area contributed by atoms with Crippen molar-refractivity contribution in [2.45, 2.75) is 17.7 Å². The Kier molecular flexibility index (Phi) is 5.02. The molecule has 2 heterocycles. The molecule has 1 aliphatic rings. The number of aryl methyl sites for hydroxylation is 1. The molecule has 8 heteroatoms. The molecule has 0 saturated heterocycles. The van der Waals surface area contributed by atoms with Crippen molar-refractivity contribution in [3.05, 3.63) is 72.2 Å². The van der Waals surface area contributed by atoms with E-state index < -0.39 is 10.0 Å². The number of nitrogens with zero attached hydrogens (tertiary/aromatic N) is 1. The number of fused-ring (bicyclic) bond motifs is 1. The number of anilines is 2. The van der Waals surface area contributed by atoms with E-state index in [1.54, 1.807) is 41.3 Å². The lowest BCUT2D eigenvalue weighted by atomic mass is 10.0. The number of hydrogen-bond donors (Lipinski definition) is 1. The zero-order valence-electron chi connectivity index (χ0n) is 15.8. The van der Waals surface area contributed by atoms with Gasteiger partial charge in [0.2, 0.25) is 0 Å². The van der Waals surface area contributed by atoms with Crippen LogP contribution in [0.5, 0.6) is 5.75 Å². The zero-order chi connectivity index (χ0) is 20.4. The molecule has 0 unspecified atom stereocenters. The number of carbonyl (C=O) groups excluding carboxylic acids is 1. The Morgan fingerprint density at radius 1 is 1.14 bits per heavy atom. The number of ether oxygens (including phenoxy) is 1. The van der Waals surface area contributed by atoms with Gasteiger partial charge >= 0.3 is 0 Å². The van der Waals surface area contributed by atoms with Crippen LogP contribution in [0, 0.1) is 0 Å². The molecule has 1 aromatic heterocycles. The Balaban J connectivity index is 1.63. The van der Waals surface area contributed by atoms with E-state index in [0.717, 1.165) is 18.4 Å². The highest BCUT2D eigenvalue weighted by atomic mass is 32.2. The summed E-state index contributed by atoms with van der Waals surface area (Å²) in [5.41, 5.74) is 2.06. The average Bonchev–Trinajstić information content (AvgIpc) is 3.27. The number of methoxy groups -OCH3 is 1. The third kappa shape index (κ3) is 3.84. The number of carbonyl (C=O) groups is 1. The van der Waals surface area contributed by atoms with E-state index in [-0.39, 0.29) is 16.6 Å². The molecule has 1 N–H and O–H groups in total. The first-order chi connectivity index (χ1) is 14.0. The molecule has 7 nitrogen and oxygen atoms in total. The van der Waals surface area contributed by atoms with E-state index in [9.17, 15) is 13.2 Å². The van der Waals surface area contributed by atoms with Gasteiger partial charge < -0.3 is 14.1 Å². The molecular formula is C21H20N2O5S. The first-order valence-electron chi connectivity index (χ1n) is 9.13. The van der Waals surface area contributed by atoms with Gasteiger partial charge in [-0.1, -0.05) is 6.07 Å². The summed E-state index contributed by atoms with van der Waals surface area (Å²) in [4.78, 5) is 14.5. The normalized spacial score (nSPS) is 13.6. The summed E-state index contributed by atoms with van der Waals surface area (Å²) < 4.78 is 38.3. The van der Waals surface area contributed by atoms with Gasteiger partial charge in [-0.05, 0) is 66.9 Å². The van der Waals surface area contributed by atoms with Gasteiger partial charge in [-0.3, -0.25) is 9.52 Å². The topological polar surface area (TPSA) is 88.9 Å². The Morgan fingerprint density at radius 2 is 1.93 bits per heavy atom. The molecule has 0 spiro atoms. The summed E-state index contributed by atoms with van der Waals surface area (Å²) in [6.07, 6.45) is 3.11. The Labute approximate surface area is 169 Å². The van der Waals surface area contributed by atoms with Gasteiger partial charge in [-0.25, -0.2) is 8.42 Å². The van der Waals surface area contributed by atoms with Crippen molar-refractivity contribution in [1.82, 2.24) is 0 Å². The van der Waals surface area contributed by atoms with Crippen LogP contribution in [-0.4, -0.2) is 28.0 Å². The molecule has 2 aromatic carbocycles. The van der Waals surface area contributed by atoms with E-state index in [4.69, 9.17) is 9.15 Å². The molecule has 150 valence electrons. The summed E-state index contributed by atoms with van der Waals surface area (Å²) in [6.45, 7) is 0.543. The Bertz CT molecular complexity index is 1120. The highest BCUT2D eigenvalue weighted by molar-refractivity contribution is 7.92. The standard InChI is InChI=1S/C21H20N2O5S/c1-27-17-8-10-18(11-9-17)29(25,26)22-16-7-6-15-4-2-12-23(19(15)14-16)21(24)20-5-3-13-28-20/h3,5-11,13-14,22H,2,4,12H2,1H3. The van der Waals surface area contributed by atoms with Gasteiger partial charge in [-0.2, -0.15) is 0 Å². The third-order valence-electron chi connectivity index (χ3n) is 4.80. The second-order valence-electron chi connectivity index (χ2n) is 6.66. The van der Waals surface area contributed by atoms with Gasteiger partial charge in [0.05, 0.1) is 24.0 Å². The molecule has 0 aliphatic carbocycles. The predicted octanol–water partition coefficient (Wildman–Crippen LogP) is 3.68. The largest absolute Gasteiger partial charge is 0.497 e. The maximum atomic E-state index is 12.8. The highest BCUT2D eigenvalue weighted by Gasteiger charge is 2.26. The van der Waals surface area contributed by atoms with Crippen LogP contribution in [0.1, 0.15) is 22.5 Å². The average molecular weight is 412 g/mol. The second kappa shape index (κ2) is 7.63. The van der Waals surface area contributed by atoms with Gasteiger partial charge in [0.15, 0.2) is 5.76 Å². The maximum Gasteiger partial charge on any atom is 0.293 e. The number of amides is 1. The molecule has 0 bridgehead atoms. The fraction of sp³-hybridized carbons (Fsp3) is 0.190. The van der Waals surface area contributed by atoms with Crippen LogP contribution in [-0.2, 0) is 16.4 Å². The zero-order valence-corrected chi connectivity index (χ0v) is 16.6. The molecule has 1 amide bonds. The number of hydrogen-bond acceptors (Lipinski definition) is 5. The molecular weight excluding hydrogens is 392 g/mol. The smallest absolute Gasteiger partial charge is 0.293 e. The summed E-state index contributed by atoms with van der Waals surface area (Å²) in [5, 5.41) is 0. The molecule has 0 atom stereocenters. The molecule has 29 heavy (non-hydrogen) atoms. The van der Waals surface area contributed by atoms with E-state index in [1.165, 1.54) is 25.5 Å². The first-order valence-corrected chi connectivity index (χ1v) is 10.6. The molecule has 1 aliphatic heterocycles. The highest BCUT2D eigenvalue weighted by Crippen LogP contribution is 2.32. The van der Waals surface area contributed by atoms with Gasteiger partial charge in [0.25, 0.3) is 15.9 Å². The maximum absolute atomic E-state index is 12.8. The van der Waals surface area contributed by atoms with E-state index in [0.29, 0.717) is 23.7 Å². The van der Waals surface area contributed by atoms with Crippen molar-refractivity contribution in [3.8, 4) is 5.75 Å². The summed E-state index contributed by atoms with van der Waals surface area (Å²) in [7, 11) is -2.25. The lowest BCUT2D eigenvalue weighted by molar-refractivity contribution is 0.0958. The Morgan fingerprint density at radius 3 is 2.62 bits per heavy atom. The number of sulfonamides is 1. The van der Waals surface area contributed by atoms with Gasteiger partial charge in [0, 0.05) is 12.2 Å². The number of furan rings is 1. The van der Waals surface area contributed by atoms with Crippen molar-refractivity contribution in [1.29, 1.82) is 0 Å². The van der Waals surface area contributed by atoms with Crippen molar-refractivity contribution in [2.75, 3.05) is 23.3 Å². The lowest BCUT2D eigenvalue weighted by Gasteiger charge is -2.29. The van der Waals surface area contributed by atoms with E-state index in [1.807, 2.05) is 6.07 Å². The van der Waals surface area contributed by atoms with Crippen LogP contribution in [0.2, 0.25) is 0 Å². The van der Waals surface area contributed by atoms with Crippen molar-refractivity contribution in [3.63, 3.8) is 0 Å². The minimum atomic E-state index is -3.77. The number of rotatable bonds is 5. The minimum absolute atomic E-state index is 0.125. The van der Waals surface area contributed by atoms with E-state index in [2.05, 4.69) is 4.72 Å². The van der Waals surface area contributed by atoms with Crippen LogP contribution in [0.3, 0.4) is 0 Å². The van der Waals surface area contributed by atoms with Crippen LogP contribution in [0.25, 0.3) is 0 Å². The third-order valence-corrected chi connectivity index (χ3v) is 6.20. The van der Waals surface area contributed by atoms with Crippen LogP contribution >= 0.6 is 0 Å². The predicted molar refractivity (Wildman–Crippen MR) is 109 cm³/mol. The van der Waals surface area contributed by atoms with Gasteiger partial charge in [-0.15, -0.1) is 0 Å². The summed E-state index contributed by atoms with van der Waals surface area (Å²) in [5.74, 6) is 0.581. The molecule has 3 aromatic rings. The fourth-order valence-corrected chi connectivity index (χ4v) is 4.40. The molecule has 0 saturated carbocycles. The lowest BCUT2D eigenvalue weighted by Crippen LogP contribution is -2.35. The van der Waals surface area contributed by atoms with E-state index >= 15 is 0 Å². The SMILES string of the molecule is COc1ccc(S(=O)(=O)Nc2ccc3c(c2)N(C(=O)c2ccco2)CCC3)cc1. The van der Waals surface area contributed by atoms with Crippen molar-refractivity contribution < 1.29 is 22.4 Å². The number of benzene rings is 2. The molecule has 0 fully saturated rings. The molecule has 0 radical (unpaired) electrons. The quantitative estimate of drug-likeness (QED) is 0.691. The van der Waals surface area contributed by atoms with Crippen molar-refractivity contribution in [2.24, 2.45) is 0 Å². The van der Waals surface area contributed by atoms with Crippen LogP contribution in [0.15, 0.2) is 70.2 Å². The monoisotopic (exact) mass is 412 g/mol. The first kappa shape index (κ1) is 19.1. The summed E-state index contributed by atoms with van der Waals surface area (Å²) >= 11 is 0. The molecule has 4 rings (SSSR count). The number of nitrogens with one attached hydrogen (secondary N) is 1. The second-order valence-corrected chi connectivity index (χ2v) is 8.34. The summed E-state index contributed by atoms with van der Waals surface area (Å²) in [6, 6.07) is 14.7. The fourth-order valence-electron chi connectivity index (χ4n) is 3.35. The van der Waals surface area contributed by atoms with Crippen LogP contribution < -0.4 is 14.4 Å². The van der Waals surface area contributed by atoms with Crippen molar-refractivity contribution >= 4 is 27.3 Å².